The Kier molecular flexibility index (Phi) is 2.50. The van der Waals surface area contributed by atoms with E-state index in [1.54, 1.807) is 26.1 Å². The highest BCUT2D eigenvalue weighted by Crippen LogP contribution is 2.31. The van der Waals surface area contributed by atoms with Crippen LogP contribution in [0.1, 0.15) is 16.1 Å². The van der Waals surface area contributed by atoms with E-state index < -0.39 is 11.8 Å². The SMILES string of the molecule is Cc1c(C(=O)O)n(C)c2ccc(Br)c(F)c12. The molecule has 1 aromatic heterocycles. The lowest BCUT2D eigenvalue weighted by Gasteiger charge is -1.99. The van der Waals surface area contributed by atoms with Crippen molar-refractivity contribution in [1.29, 1.82) is 0 Å². The van der Waals surface area contributed by atoms with Crippen LogP contribution in [0.15, 0.2) is 16.6 Å². The number of aromatic nitrogens is 1. The number of carboxylic acid groups (broad SMARTS) is 1. The van der Waals surface area contributed by atoms with Crippen molar-refractivity contribution in [3.8, 4) is 0 Å². The minimum atomic E-state index is -1.05. The smallest absolute Gasteiger partial charge is 0.352 e. The van der Waals surface area contributed by atoms with Crippen LogP contribution in [0.2, 0.25) is 0 Å². The summed E-state index contributed by atoms with van der Waals surface area (Å²) in [6, 6.07) is 3.27. The monoisotopic (exact) mass is 285 g/mol. The van der Waals surface area contributed by atoms with Crippen LogP contribution in [-0.2, 0) is 7.05 Å². The van der Waals surface area contributed by atoms with Crippen molar-refractivity contribution in [2.45, 2.75) is 6.92 Å². The molecule has 0 spiro atoms. The van der Waals surface area contributed by atoms with Crippen LogP contribution in [0.5, 0.6) is 0 Å². The van der Waals surface area contributed by atoms with Crippen LogP contribution in [0.4, 0.5) is 4.39 Å². The number of nitrogens with zero attached hydrogens (tertiary/aromatic N) is 1. The lowest BCUT2D eigenvalue weighted by molar-refractivity contribution is 0.0686. The molecule has 2 aromatic rings. The third-order valence-electron chi connectivity index (χ3n) is 2.70. The standard InChI is InChI=1S/C11H9BrFNO2/c1-5-8-7(4-3-6(12)9(8)13)14(2)10(5)11(15)16/h3-4H,1-2H3,(H,15,16). The molecule has 0 atom stereocenters. The Balaban J connectivity index is 3.00. The molecule has 0 aliphatic rings. The molecule has 0 unspecified atom stereocenters. The summed E-state index contributed by atoms with van der Waals surface area (Å²) in [7, 11) is 1.62. The van der Waals surface area contributed by atoms with Crippen molar-refractivity contribution in [2.24, 2.45) is 7.05 Å². The number of hydrogen-bond donors (Lipinski definition) is 1. The van der Waals surface area contributed by atoms with E-state index in [1.807, 2.05) is 0 Å². The topological polar surface area (TPSA) is 42.2 Å². The molecular weight excluding hydrogens is 277 g/mol. The van der Waals surface area contributed by atoms with E-state index in [1.165, 1.54) is 4.57 Å². The molecule has 84 valence electrons. The molecule has 3 nitrogen and oxygen atoms in total. The number of fused-ring (bicyclic) bond motifs is 1. The van der Waals surface area contributed by atoms with E-state index in [9.17, 15) is 9.18 Å². The van der Waals surface area contributed by atoms with Gasteiger partial charge in [-0.05, 0) is 40.5 Å². The number of carbonyl (C=O) groups is 1. The highest BCUT2D eigenvalue weighted by molar-refractivity contribution is 9.10. The number of aryl methyl sites for hydroxylation is 2. The first-order valence-electron chi connectivity index (χ1n) is 4.61. The first kappa shape index (κ1) is 11.1. The maximum atomic E-state index is 13.9. The largest absolute Gasteiger partial charge is 0.477 e. The van der Waals surface area contributed by atoms with Crippen LogP contribution in [0, 0.1) is 12.7 Å². The fourth-order valence-electron chi connectivity index (χ4n) is 1.97. The van der Waals surface area contributed by atoms with Crippen LogP contribution in [0.3, 0.4) is 0 Å². The lowest BCUT2D eigenvalue weighted by atomic mass is 10.1. The van der Waals surface area contributed by atoms with Crippen LogP contribution in [0.25, 0.3) is 10.9 Å². The van der Waals surface area contributed by atoms with Gasteiger partial charge in [0.05, 0.1) is 9.99 Å². The Bertz CT molecular complexity index is 604. The van der Waals surface area contributed by atoms with Gasteiger partial charge in [-0.15, -0.1) is 0 Å². The normalized spacial score (nSPS) is 11.0. The number of rotatable bonds is 1. The quantitative estimate of drug-likeness (QED) is 0.875. The highest BCUT2D eigenvalue weighted by atomic mass is 79.9. The first-order chi connectivity index (χ1) is 7.45. The summed E-state index contributed by atoms with van der Waals surface area (Å²) < 4.78 is 15.7. The van der Waals surface area contributed by atoms with Crippen LogP contribution in [-0.4, -0.2) is 15.6 Å². The molecule has 0 aliphatic carbocycles. The molecule has 0 aliphatic heterocycles. The number of carboxylic acids is 1. The van der Waals surface area contributed by atoms with Gasteiger partial charge in [-0.1, -0.05) is 0 Å². The van der Waals surface area contributed by atoms with Gasteiger partial charge in [-0.2, -0.15) is 0 Å². The molecule has 16 heavy (non-hydrogen) atoms. The zero-order chi connectivity index (χ0) is 12.0. The van der Waals surface area contributed by atoms with Crippen LogP contribution < -0.4 is 0 Å². The molecule has 0 saturated carbocycles. The molecule has 0 saturated heterocycles. The molecular formula is C11H9BrFNO2. The molecule has 0 radical (unpaired) electrons. The van der Waals surface area contributed by atoms with Crippen molar-refractivity contribution in [1.82, 2.24) is 4.57 Å². The van der Waals surface area contributed by atoms with E-state index in [4.69, 9.17) is 5.11 Å². The maximum absolute atomic E-state index is 13.9. The second kappa shape index (κ2) is 3.59. The summed E-state index contributed by atoms with van der Waals surface area (Å²) >= 11 is 3.09. The number of hydrogen-bond acceptors (Lipinski definition) is 1. The molecule has 0 fully saturated rings. The van der Waals surface area contributed by atoms with Gasteiger partial charge in [0.25, 0.3) is 0 Å². The Morgan fingerprint density at radius 1 is 1.50 bits per heavy atom. The first-order valence-corrected chi connectivity index (χ1v) is 5.40. The van der Waals surface area contributed by atoms with Gasteiger partial charge in [0.1, 0.15) is 11.5 Å². The summed E-state index contributed by atoms with van der Waals surface area (Å²) in [6.07, 6.45) is 0. The molecule has 1 N–H and O–H groups in total. The Hall–Kier alpha value is -1.36. The van der Waals surface area contributed by atoms with Crippen molar-refractivity contribution in [3.63, 3.8) is 0 Å². The third-order valence-corrected chi connectivity index (χ3v) is 3.31. The van der Waals surface area contributed by atoms with Gasteiger partial charge >= 0.3 is 5.97 Å². The van der Waals surface area contributed by atoms with Gasteiger partial charge in [0.15, 0.2) is 0 Å². The Morgan fingerprint density at radius 2 is 2.12 bits per heavy atom. The molecule has 5 heteroatoms. The fraction of sp³-hybridized carbons (Fsp3) is 0.182. The lowest BCUT2D eigenvalue weighted by Crippen LogP contribution is -2.05. The van der Waals surface area contributed by atoms with Crippen LogP contribution >= 0.6 is 15.9 Å². The third kappa shape index (κ3) is 1.35. The van der Waals surface area contributed by atoms with Crippen molar-refractivity contribution in [3.05, 3.63) is 33.7 Å². The molecule has 2 rings (SSSR count). The highest BCUT2D eigenvalue weighted by Gasteiger charge is 2.20. The van der Waals surface area contributed by atoms with Crippen molar-refractivity contribution >= 4 is 32.8 Å². The van der Waals surface area contributed by atoms with Gasteiger partial charge in [-0.25, -0.2) is 9.18 Å². The van der Waals surface area contributed by atoms with E-state index >= 15 is 0 Å². The zero-order valence-electron chi connectivity index (χ0n) is 8.71. The second-order valence-corrected chi connectivity index (χ2v) is 4.45. The second-order valence-electron chi connectivity index (χ2n) is 3.59. The predicted octanol–water partition coefficient (Wildman–Crippen LogP) is 3.09. The number of aromatic carboxylic acids is 1. The summed E-state index contributed by atoms with van der Waals surface area (Å²) in [5, 5.41) is 9.41. The average Bonchev–Trinajstić information content (AvgIpc) is 2.45. The predicted molar refractivity (Wildman–Crippen MR) is 62.3 cm³/mol. The Labute approximate surface area is 99.6 Å². The van der Waals surface area contributed by atoms with E-state index in [0.29, 0.717) is 20.9 Å². The van der Waals surface area contributed by atoms with Gasteiger partial charge in [0.2, 0.25) is 0 Å². The fourth-order valence-corrected chi connectivity index (χ4v) is 2.30. The van der Waals surface area contributed by atoms with Gasteiger partial charge < -0.3 is 9.67 Å². The molecule has 1 heterocycles. The minimum Gasteiger partial charge on any atom is -0.477 e. The molecule has 0 amide bonds. The minimum absolute atomic E-state index is 0.118. The molecule has 1 aromatic carbocycles. The van der Waals surface area contributed by atoms with E-state index in [2.05, 4.69) is 15.9 Å². The zero-order valence-corrected chi connectivity index (χ0v) is 10.3. The summed E-state index contributed by atoms with van der Waals surface area (Å²) in [6.45, 7) is 1.61. The summed E-state index contributed by atoms with van der Waals surface area (Å²) in [5.74, 6) is -1.47. The van der Waals surface area contributed by atoms with E-state index in [0.717, 1.165) is 0 Å². The maximum Gasteiger partial charge on any atom is 0.352 e. The average molecular weight is 286 g/mol. The van der Waals surface area contributed by atoms with Crippen molar-refractivity contribution < 1.29 is 14.3 Å². The van der Waals surface area contributed by atoms with Gasteiger partial charge in [-0.3, -0.25) is 0 Å². The van der Waals surface area contributed by atoms with Crippen molar-refractivity contribution in [2.75, 3.05) is 0 Å². The summed E-state index contributed by atoms with van der Waals surface area (Å²) in [4.78, 5) is 11.1. The van der Waals surface area contributed by atoms with E-state index in [-0.39, 0.29) is 5.69 Å². The summed E-state index contributed by atoms with van der Waals surface area (Å²) in [5.41, 5.74) is 1.14. The number of halogens is 2. The van der Waals surface area contributed by atoms with Gasteiger partial charge in [0, 0.05) is 12.4 Å². The molecule has 0 bridgehead atoms. The Morgan fingerprint density at radius 3 is 2.69 bits per heavy atom. The number of benzene rings is 1.